The highest BCUT2D eigenvalue weighted by Gasteiger charge is 2.15. The molecule has 0 fully saturated rings. The van der Waals surface area contributed by atoms with E-state index in [4.69, 9.17) is 9.84 Å². The normalized spacial score (nSPS) is 10.3. The van der Waals surface area contributed by atoms with Gasteiger partial charge in [-0.3, -0.25) is 0 Å². The summed E-state index contributed by atoms with van der Waals surface area (Å²) in [6.45, 7) is 1.96. The fourth-order valence-corrected chi connectivity index (χ4v) is 2.33. The Labute approximate surface area is 107 Å². The lowest BCUT2D eigenvalue weighted by atomic mass is 10.2. The third-order valence-corrected chi connectivity index (χ3v) is 3.32. The van der Waals surface area contributed by atoms with Crippen LogP contribution in [0.25, 0.3) is 0 Å². The predicted molar refractivity (Wildman–Crippen MR) is 66.7 cm³/mol. The summed E-state index contributed by atoms with van der Waals surface area (Å²) in [6.07, 6.45) is 0. The largest absolute Gasteiger partial charge is 0.487 e. The van der Waals surface area contributed by atoms with Crippen LogP contribution in [0, 0.1) is 12.7 Å². The molecule has 0 spiro atoms. The third kappa shape index (κ3) is 2.87. The number of ether oxygens (including phenoxy) is 1. The number of benzene rings is 1. The fourth-order valence-electron chi connectivity index (χ4n) is 1.54. The fraction of sp³-hybridized carbons (Fsp3) is 0.154. The first-order valence-corrected chi connectivity index (χ1v) is 6.09. The van der Waals surface area contributed by atoms with E-state index in [9.17, 15) is 9.18 Å². The first-order valence-electron chi connectivity index (χ1n) is 5.27. The van der Waals surface area contributed by atoms with E-state index in [1.54, 1.807) is 18.2 Å². The maximum Gasteiger partial charge on any atom is 0.349 e. The number of carboxylic acids is 1. The highest BCUT2D eigenvalue weighted by atomic mass is 32.1. The zero-order valence-electron chi connectivity index (χ0n) is 9.64. The van der Waals surface area contributed by atoms with Gasteiger partial charge in [-0.25, -0.2) is 9.18 Å². The van der Waals surface area contributed by atoms with Crippen molar-refractivity contribution in [2.45, 2.75) is 13.5 Å². The van der Waals surface area contributed by atoms with Gasteiger partial charge in [-0.05, 0) is 30.7 Å². The molecule has 0 unspecified atom stereocenters. The van der Waals surface area contributed by atoms with Crippen LogP contribution in [-0.2, 0) is 6.61 Å². The molecule has 0 atom stereocenters. The molecule has 3 nitrogen and oxygen atoms in total. The van der Waals surface area contributed by atoms with Crippen LogP contribution in [-0.4, -0.2) is 11.1 Å². The summed E-state index contributed by atoms with van der Waals surface area (Å²) in [7, 11) is 0. The van der Waals surface area contributed by atoms with Crippen LogP contribution >= 0.6 is 11.3 Å². The maximum absolute atomic E-state index is 13.0. The Balaban J connectivity index is 2.13. The van der Waals surface area contributed by atoms with Gasteiger partial charge in [0, 0.05) is 4.88 Å². The topological polar surface area (TPSA) is 46.5 Å². The standard InChI is InChI=1S/C13H11FO3S/c1-8-5-11(12(18-8)13(15)16)17-7-9-3-2-4-10(14)6-9/h2-6H,7H2,1H3,(H,15,16). The van der Waals surface area contributed by atoms with Crippen LogP contribution in [0.2, 0.25) is 0 Å². The summed E-state index contributed by atoms with van der Waals surface area (Å²) in [4.78, 5) is 12.0. The van der Waals surface area contributed by atoms with Gasteiger partial charge >= 0.3 is 5.97 Å². The number of aryl methyl sites for hydroxylation is 1. The van der Waals surface area contributed by atoms with Gasteiger partial charge in [-0.1, -0.05) is 12.1 Å². The van der Waals surface area contributed by atoms with Crippen molar-refractivity contribution in [3.8, 4) is 5.75 Å². The lowest BCUT2D eigenvalue weighted by molar-refractivity contribution is 0.0697. The molecule has 2 rings (SSSR count). The van der Waals surface area contributed by atoms with E-state index in [0.29, 0.717) is 11.3 Å². The number of carbonyl (C=O) groups is 1. The van der Waals surface area contributed by atoms with Gasteiger partial charge in [0.25, 0.3) is 0 Å². The molecule has 0 saturated heterocycles. The van der Waals surface area contributed by atoms with Crippen molar-refractivity contribution in [1.82, 2.24) is 0 Å². The molecule has 94 valence electrons. The summed E-state index contributed by atoms with van der Waals surface area (Å²) >= 11 is 1.16. The molecule has 0 radical (unpaired) electrons. The van der Waals surface area contributed by atoms with E-state index < -0.39 is 5.97 Å². The second-order valence-corrected chi connectivity index (χ2v) is 5.03. The van der Waals surface area contributed by atoms with Crippen molar-refractivity contribution < 1.29 is 19.0 Å². The number of thiophene rings is 1. The molecule has 5 heteroatoms. The molecule has 2 aromatic rings. The Kier molecular flexibility index (Phi) is 3.62. The molecule has 0 aliphatic carbocycles. The van der Waals surface area contributed by atoms with Crippen LogP contribution < -0.4 is 4.74 Å². The Morgan fingerprint density at radius 2 is 2.22 bits per heavy atom. The molecule has 18 heavy (non-hydrogen) atoms. The number of carboxylic acid groups (broad SMARTS) is 1. The van der Waals surface area contributed by atoms with Crippen LogP contribution in [0.3, 0.4) is 0 Å². The van der Waals surface area contributed by atoms with Crippen molar-refractivity contribution in [3.05, 3.63) is 51.5 Å². The zero-order chi connectivity index (χ0) is 13.1. The Hall–Kier alpha value is -1.88. The van der Waals surface area contributed by atoms with E-state index >= 15 is 0 Å². The first-order chi connectivity index (χ1) is 8.56. The molecule has 0 aliphatic rings. The highest BCUT2D eigenvalue weighted by molar-refractivity contribution is 7.14. The van der Waals surface area contributed by atoms with Crippen LogP contribution in [0.1, 0.15) is 20.1 Å². The number of hydrogen-bond acceptors (Lipinski definition) is 3. The molecule has 0 saturated carbocycles. The molecule has 1 aromatic heterocycles. The SMILES string of the molecule is Cc1cc(OCc2cccc(F)c2)c(C(=O)O)s1. The van der Waals surface area contributed by atoms with E-state index in [1.807, 2.05) is 6.92 Å². The van der Waals surface area contributed by atoms with Crippen molar-refractivity contribution >= 4 is 17.3 Å². The van der Waals surface area contributed by atoms with E-state index in [-0.39, 0.29) is 17.3 Å². The van der Waals surface area contributed by atoms with Crippen molar-refractivity contribution in [2.75, 3.05) is 0 Å². The molecular formula is C13H11FO3S. The smallest absolute Gasteiger partial charge is 0.349 e. The van der Waals surface area contributed by atoms with Gasteiger partial charge in [0.05, 0.1) is 0 Å². The molecule has 1 heterocycles. The summed E-state index contributed by atoms with van der Waals surface area (Å²) in [6, 6.07) is 7.70. The predicted octanol–water partition coefficient (Wildman–Crippen LogP) is 3.47. The van der Waals surface area contributed by atoms with Crippen molar-refractivity contribution in [2.24, 2.45) is 0 Å². The second kappa shape index (κ2) is 5.18. The molecule has 0 amide bonds. The van der Waals surface area contributed by atoms with Crippen LogP contribution in [0.15, 0.2) is 30.3 Å². The van der Waals surface area contributed by atoms with E-state index in [1.165, 1.54) is 12.1 Å². The van der Waals surface area contributed by atoms with Crippen LogP contribution in [0.4, 0.5) is 4.39 Å². The summed E-state index contributed by atoms with van der Waals surface area (Å²) in [5.74, 6) is -1.02. The average molecular weight is 266 g/mol. The second-order valence-electron chi connectivity index (χ2n) is 3.77. The zero-order valence-corrected chi connectivity index (χ0v) is 10.5. The minimum Gasteiger partial charge on any atom is -0.487 e. The van der Waals surface area contributed by atoms with Crippen molar-refractivity contribution in [1.29, 1.82) is 0 Å². The number of aromatic carboxylic acids is 1. The summed E-state index contributed by atoms with van der Waals surface area (Å²) in [5.41, 5.74) is 0.662. The highest BCUT2D eigenvalue weighted by Crippen LogP contribution is 2.29. The Morgan fingerprint density at radius 3 is 2.89 bits per heavy atom. The van der Waals surface area contributed by atoms with E-state index in [2.05, 4.69) is 0 Å². The lowest BCUT2D eigenvalue weighted by Gasteiger charge is -2.05. The van der Waals surface area contributed by atoms with Gasteiger partial charge in [0.2, 0.25) is 0 Å². The lowest BCUT2D eigenvalue weighted by Crippen LogP contribution is -2.00. The Morgan fingerprint density at radius 1 is 1.44 bits per heavy atom. The molecule has 1 N–H and O–H groups in total. The molecular weight excluding hydrogens is 255 g/mol. The first kappa shape index (κ1) is 12.6. The third-order valence-electron chi connectivity index (χ3n) is 2.30. The molecule has 0 bridgehead atoms. The van der Waals surface area contributed by atoms with Gasteiger partial charge in [-0.2, -0.15) is 0 Å². The summed E-state index contributed by atoms with van der Waals surface area (Å²) in [5, 5.41) is 8.99. The van der Waals surface area contributed by atoms with Crippen molar-refractivity contribution in [3.63, 3.8) is 0 Å². The van der Waals surface area contributed by atoms with Crippen LogP contribution in [0.5, 0.6) is 5.75 Å². The quantitative estimate of drug-likeness (QED) is 0.921. The number of halogens is 1. The minimum atomic E-state index is -1.01. The van der Waals surface area contributed by atoms with Gasteiger partial charge in [-0.15, -0.1) is 11.3 Å². The van der Waals surface area contributed by atoms with Gasteiger partial charge < -0.3 is 9.84 Å². The average Bonchev–Trinajstić information content (AvgIpc) is 2.68. The minimum absolute atomic E-state index is 0.147. The van der Waals surface area contributed by atoms with E-state index in [0.717, 1.165) is 16.2 Å². The van der Waals surface area contributed by atoms with Gasteiger partial charge in [0.15, 0.2) is 4.88 Å². The number of hydrogen-bond donors (Lipinski definition) is 1. The maximum atomic E-state index is 13.0. The molecule has 1 aromatic carbocycles. The summed E-state index contributed by atoms with van der Waals surface area (Å²) < 4.78 is 18.4. The molecule has 0 aliphatic heterocycles. The van der Waals surface area contributed by atoms with Gasteiger partial charge in [0.1, 0.15) is 18.2 Å². The monoisotopic (exact) mass is 266 g/mol. The Bertz CT molecular complexity index is 577. The number of rotatable bonds is 4.